The normalized spacial score (nSPS) is 10.6. The first-order valence-electron chi connectivity index (χ1n) is 4.23. The molecule has 66 valence electrons. The van der Waals surface area contributed by atoms with Crippen LogP contribution in [0.5, 0.6) is 0 Å². The lowest BCUT2D eigenvalue weighted by Crippen LogP contribution is -1.87. The lowest BCUT2D eigenvalue weighted by atomic mass is 10.2. The highest BCUT2D eigenvalue weighted by atomic mass is 16.5. The highest BCUT2D eigenvalue weighted by molar-refractivity contribution is 5.55. The molecule has 0 heterocycles. The first-order valence-corrected chi connectivity index (χ1v) is 4.23. The lowest BCUT2D eigenvalue weighted by molar-refractivity contribution is 0.249. The van der Waals surface area contributed by atoms with Gasteiger partial charge in [-0.3, -0.25) is 0 Å². The van der Waals surface area contributed by atoms with Gasteiger partial charge in [-0.2, -0.15) is 0 Å². The molecule has 0 radical (unpaired) electrons. The SMILES string of the molecule is C#C/C(=C\c1ccccc1)OCC. The van der Waals surface area contributed by atoms with Crippen LogP contribution in [-0.2, 0) is 4.74 Å². The summed E-state index contributed by atoms with van der Waals surface area (Å²) >= 11 is 0. The van der Waals surface area contributed by atoms with Crippen LogP contribution in [0.25, 0.3) is 6.08 Å². The van der Waals surface area contributed by atoms with Crippen LogP contribution in [0, 0.1) is 12.3 Å². The zero-order valence-corrected chi connectivity index (χ0v) is 7.66. The van der Waals surface area contributed by atoms with Crippen molar-refractivity contribution < 1.29 is 4.74 Å². The molecule has 1 heteroatoms. The smallest absolute Gasteiger partial charge is 0.170 e. The molecule has 0 aliphatic rings. The van der Waals surface area contributed by atoms with E-state index in [9.17, 15) is 0 Å². The first kappa shape index (κ1) is 9.41. The third-order valence-corrected chi connectivity index (χ3v) is 1.54. The van der Waals surface area contributed by atoms with Gasteiger partial charge in [0.15, 0.2) is 5.76 Å². The van der Waals surface area contributed by atoms with Crippen molar-refractivity contribution in [2.45, 2.75) is 6.92 Å². The van der Waals surface area contributed by atoms with Crippen molar-refractivity contribution in [3.8, 4) is 12.3 Å². The number of benzene rings is 1. The fourth-order valence-corrected chi connectivity index (χ4v) is 0.981. The molecule has 0 aliphatic carbocycles. The molecule has 0 bridgehead atoms. The summed E-state index contributed by atoms with van der Waals surface area (Å²) in [7, 11) is 0. The molecule has 0 fully saturated rings. The van der Waals surface area contributed by atoms with Crippen molar-refractivity contribution in [3.63, 3.8) is 0 Å². The predicted molar refractivity (Wildman–Crippen MR) is 54.9 cm³/mol. The first-order chi connectivity index (χ1) is 6.36. The molecule has 1 aromatic carbocycles. The zero-order chi connectivity index (χ0) is 9.52. The maximum Gasteiger partial charge on any atom is 0.170 e. The van der Waals surface area contributed by atoms with Gasteiger partial charge in [0.2, 0.25) is 0 Å². The summed E-state index contributed by atoms with van der Waals surface area (Å²) in [6, 6.07) is 9.86. The molecule has 0 spiro atoms. The lowest BCUT2D eigenvalue weighted by Gasteiger charge is -2.00. The summed E-state index contributed by atoms with van der Waals surface area (Å²) in [5, 5.41) is 0. The van der Waals surface area contributed by atoms with Gasteiger partial charge in [0.25, 0.3) is 0 Å². The van der Waals surface area contributed by atoms with Gasteiger partial charge < -0.3 is 4.74 Å². The Morgan fingerprint density at radius 2 is 2.15 bits per heavy atom. The van der Waals surface area contributed by atoms with E-state index in [1.54, 1.807) is 0 Å². The van der Waals surface area contributed by atoms with Crippen LogP contribution in [0.1, 0.15) is 12.5 Å². The molecule has 0 unspecified atom stereocenters. The Hall–Kier alpha value is -1.68. The molecule has 0 aliphatic heterocycles. The highest BCUT2D eigenvalue weighted by Crippen LogP contribution is 2.06. The van der Waals surface area contributed by atoms with Crippen molar-refractivity contribution >= 4 is 6.08 Å². The topological polar surface area (TPSA) is 9.23 Å². The average molecular weight is 172 g/mol. The molecule has 13 heavy (non-hydrogen) atoms. The van der Waals surface area contributed by atoms with Gasteiger partial charge in [-0.25, -0.2) is 0 Å². The number of hydrogen-bond donors (Lipinski definition) is 0. The molecule has 0 amide bonds. The van der Waals surface area contributed by atoms with Crippen LogP contribution in [0.15, 0.2) is 36.1 Å². The Bertz CT molecular complexity index is 317. The second-order valence-electron chi connectivity index (χ2n) is 2.50. The van der Waals surface area contributed by atoms with Crippen molar-refractivity contribution in [3.05, 3.63) is 41.7 Å². The maximum atomic E-state index is 5.26. The number of ether oxygens (including phenoxy) is 1. The van der Waals surface area contributed by atoms with E-state index in [0.717, 1.165) is 5.56 Å². The Labute approximate surface area is 79.0 Å². The van der Waals surface area contributed by atoms with Crippen LogP contribution in [0.2, 0.25) is 0 Å². The van der Waals surface area contributed by atoms with Gasteiger partial charge in [0.1, 0.15) is 0 Å². The van der Waals surface area contributed by atoms with Crippen LogP contribution in [-0.4, -0.2) is 6.61 Å². The van der Waals surface area contributed by atoms with Gasteiger partial charge in [0, 0.05) is 0 Å². The summed E-state index contributed by atoms with van der Waals surface area (Å²) in [5.41, 5.74) is 1.06. The average Bonchev–Trinajstić information content (AvgIpc) is 2.19. The standard InChI is InChI=1S/C12H12O/c1-3-12(13-4-2)10-11-8-6-5-7-9-11/h1,5-10H,4H2,2H3/b12-10+. The number of rotatable bonds is 3. The maximum absolute atomic E-state index is 5.26. The third-order valence-electron chi connectivity index (χ3n) is 1.54. The molecule has 0 atom stereocenters. The fraction of sp³-hybridized carbons (Fsp3) is 0.167. The van der Waals surface area contributed by atoms with Crippen molar-refractivity contribution in [1.29, 1.82) is 0 Å². The van der Waals surface area contributed by atoms with Crippen LogP contribution >= 0.6 is 0 Å². The molecule has 0 N–H and O–H groups in total. The summed E-state index contributed by atoms with van der Waals surface area (Å²) in [4.78, 5) is 0. The minimum atomic E-state index is 0.578. The summed E-state index contributed by atoms with van der Waals surface area (Å²) < 4.78 is 5.22. The van der Waals surface area contributed by atoms with Crippen LogP contribution in [0.4, 0.5) is 0 Å². The Morgan fingerprint density at radius 3 is 2.69 bits per heavy atom. The van der Waals surface area contributed by atoms with E-state index in [2.05, 4.69) is 5.92 Å². The largest absolute Gasteiger partial charge is 0.486 e. The molecule has 0 saturated heterocycles. The van der Waals surface area contributed by atoms with E-state index < -0.39 is 0 Å². The van der Waals surface area contributed by atoms with Crippen LogP contribution in [0.3, 0.4) is 0 Å². The number of allylic oxidation sites excluding steroid dienone is 1. The molecular weight excluding hydrogens is 160 g/mol. The summed E-state index contributed by atoms with van der Waals surface area (Å²) in [6.45, 7) is 2.51. The van der Waals surface area contributed by atoms with Gasteiger partial charge >= 0.3 is 0 Å². The molecule has 0 saturated carbocycles. The third kappa shape index (κ3) is 3.04. The second kappa shape index (κ2) is 5.05. The fourth-order valence-electron chi connectivity index (χ4n) is 0.981. The summed E-state index contributed by atoms with van der Waals surface area (Å²) in [5.74, 6) is 3.07. The van der Waals surface area contributed by atoms with Crippen LogP contribution < -0.4 is 0 Å². The predicted octanol–water partition coefficient (Wildman–Crippen LogP) is 2.70. The van der Waals surface area contributed by atoms with Crippen molar-refractivity contribution in [1.82, 2.24) is 0 Å². The highest BCUT2D eigenvalue weighted by Gasteiger charge is 1.91. The minimum absolute atomic E-state index is 0.578. The number of hydrogen-bond acceptors (Lipinski definition) is 1. The van der Waals surface area contributed by atoms with E-state index in [1.807, 2.05) is 43.3 Å². The molecule has 1 aromatic rings. The van der Waals surface area contributed by atoms with E-state index in [4.69, 9.17) is 11.2 Å². The Morgan fingerprint density at radius 1 is 1.46 bits per heavy atom. The molecule has 1 rings (SSSR count). The van der Waals surface area contributed by atoms with E-state index >= 15 is 0 Å². The Kier molecular flexibility index (Phi) is 3.66. The van der Waals surface area contributed by atoms with Crippen molar-refractivity contribution in [2.24, 2.45) is 0 Å². The van der Waals surface area contributed by atoms with Gasteiger partial charge in [-0.05, 0) is 24.5 Å². The summed E-state index contributed by atoms with van der Waals surface area (Å²) in [6.07, 6.45) is 7.11. The second-order valence-corrected chi connectivity index (χ2v) is 2.50. The van der Waals surface area contributed by atoms with E-state index in [1.165, 1.54) is 0 Å². The number of terminal acetylenes is 1. The quantitative estimate of drug-likeness (QED) is 0.503. The molecule has 0 aromatic heterocycles. The monoisotopic (exact) mass is 172 g/mol. The van der Waals surface area contributed by atoms with E-state index in [0.29, 0.717) is 12.4 Å². The van der Waals surface area contributed by atoms with Crippen molar-refractivity contribution in [2.75, 3.05) is 6.61 Å². The minimum Gasteiger partial charge on any atom is -0.486 e. The zero-order valence-electron chi connectivity index (χ0n) is 7.66. The molecule has 1 nitrogen and oxygen atoms in total. The Balaban J connectivity index is 2.81. The van der Waals surface area contributed by atoms with Gasteiger partial charge in [0.05, 0.1) is 6.61 Å². The van der Waals surface area contributed by atoms with E-state index in [-0.39, 0.29) is 0 Å². The van der Waals surface area contributed by atoms with Gasteiger partial charge in [-0.1, -0.05) is 30.3 Å². The van der Waals surface area contributed by atoms with Gasteiger partial charge in [-0.15, -0.1) is 6.42 Å². The molecular formula is C12H12O.